The highest BCUT2D eigenvalue weighted by atomic mass is 16.3. The zero-order valence-electron chi connectivity index (χ0n) is 8.33. The fourth-order valence-corrected chi connectivity index (χ4v) is 1.46. The van der Waals surface area contributed by atoms with Gasteiger partial charge in [-0.1, -0.05) is 13.0 Å². The smallest absolute Gasteiger partial charge is 0.0991 e. The second-order valence-corrected chi connectivity index (χ2v) is 3.26. The summed E-state index contributed by atoms with van der Waals surface area (Å²) >= 11 is 0. The van der Waals surface area contributed by atoms with Gasteiger partial charge >= 0.3 is 0 Å². The van der Waals surface area contributed by atoms with Crippen LogP contribution in [0.5, 0.6) is 0 Å². The number of hydrogen-bond acceptors (Lipinski definition) is 2. The summed E-state index contributed by atoms with van der Waals surface area (Å²) in [5.74, 6) is -0.141. The molecule has 0 aliphatic rings. The first-order chi connectivity index (χ1) is 6.72. The first-order valence-electron chi connectivity index (χ1n) is 4.69. The van der Waals surface area contributed by atoms with Crippen molar-refractivity contribution in [3.05, 3.63) is 41.8 Å². The third-order valence-corrected chi connectivity index (χ3v) is 2.32. The van der Waals surface area contributed by atoms with Gasteiger partial charge in [0, 0.05) is 12.5 Å². The summed E-state index contributed by atoms with van der Waals surface area (Å²) in [7, 11) is 0. The molecule has 14 heavy (non-hydrogen) atoms. The molecule has 1 aromatic rings. The number of hydrogen-bond donors (Lipinski definition) is 1. The Morgan fingerprint density at radius 3 is 2.79 bits per heavy atom. The third kappa shape index (κ3) is 2.12. The van der Waals surface area contributed by atoms with E-state index in [1.165, 1.54) is 0 Å². The maximum Gasteiger partial charge on any atom is 0.0991 e. The lowest BCUT2D eigenvalue weighted by molar-refractivity contribution is 0.282. The highest BCUT2D eigenvalue weighted by Crippen LogP contribution is 2.21. The zero-order valence-corrected chi connectivity index (χ0v) is 8.33. The van der Waals surface area contributed by atoms with Gasteiger partial charge in [-0.25, -0.2) is 0 Å². The first kappa shape index (κ1) is 10.7. The average Bonchev–Trinajstić information content (AvgIpc) is 2.27. The summed E-state index contributed by atoms with van der Waals surface area (Å²) in [6.07, 6.45) is 0.896. The molecule has 0 bridgehead atoms. The van der Waals surface area contributed by atoms with Gasteiger partial charge in [0.25, 0.3) is 0 Å². The van der Waals surface area contributed by atoms with Crippen LogP contribution in [-0.4, -0.2) is 11.7 Å². The van der Waals surface area contributed by atoms with E-state index in [0.29, 0.717) is 5.56 Å². The largest absolute Gasteiger partial charge is 0.396 e. The SMILES string of the molecule is [CH2]C(CO)c1cc(C#N)ccc1CC. The van der Waals surface area contributed by atoms with Crippen LogP contribution in [0.15, 0.2) is 18.2 Å². The minimum atomic E-state index is -0.141. The standard InChI is InChI=1S/C12H14NO/c1-3-11-5-4-10(7-13)6-12(11)9(2)8-14/h4-6,9,14H,2-3,8H2,1H3. The Morgan fingerprint density at radius 2 is 2.29 bits per heavy atom. The fourth-order valence-electron chi connectivity index (χ4n) is 1.46. The lowest BCUT2D eigenvalue weighted by Crippen LogP contribution is -2.03. The Labute approximate surface area is 84.8 Å². The van der Waals surface area contributed by atoms with E-state index in [-0.39, 0.29) is 12.5 Å². The van der Waals surface area contributed by atoms with Crippen molar-refractivity contribution in [2.24, 2.45) is 0 Å². The van der Waals surface area contributed by atoms with Crippen molar-refractivity contribution >= 4 is 0 Å². The van der Waals surface area contributed by atoms with E-state index in [4.69, 9.17) is 10.4 Å². The van der Waals surface area contributed by atoms with Crippen molar-refractivity contribution in [3.8, 4) is 6.07 Å². The predicted molar refractivity (Wildman–Crippen MR) is 55.7 cm³/mol. The minimum absolute atomic E-state index is 0.0158. The molecule has 0 fully saturated rings. The van der Waals surface area contributed by atoms with Gasteiger partial charge in [-0.05, 0) is 36.6 Å². The van der Waals surface area contributed by atoms with Crippen molar-refractivity contribution in [1.82, 2.24) is 0 Å². The van der Waals surface area contributed by atoms with Crippen molar-refractivity contribution in [1.29, 1.82) is 5.26 Å². The maximum atomic E-state index is 9.03. The van der Waals surface area contributed by atoms with Crippen LogP contribution in [0, 0.1) is 18.3 Å². The maximum absolute atomic E-state index is 9.03. The summed E-state index contributed by atoms with van der Waals surface area (Å²) in [5.41, 5.74) is 2.76. The van der Waals surface area contributed by atoms with Crippen LogP contribution in [0.1, 0.15) is 29.5 Å². The van der Waals surface area contributed by atoms with Crippen LogP contribution in [0.4, 0.5) is 0 Å². The lowest BCUT2D eigenvalue weighted by Gasteiger charge is -2.13. The van der Waals surface area contributed by atoms with Crippen molar-refractivity contribution < 1.29 is 5.11 Å². The molecule has 0 saturated carbocycles. The monoisotopic (exact) mass is 188 g/mol. The molecule has 0 saturated heterocycles. The number of aliphatic hydroxyl groups is 1. The minimum Gasteiger partial charge on any atom is -0.396 e. The van der Waals surface area contributed by atoms with Crippen LogP contribution in [0.25, 0.3) is 0 Å². The molecule has 1 radical (unpaired) electrons. The summed E-state index contributed by atoms with van der Waals surface area (Å²) in [5, 5.41) is 17.8. The second-order valence-electron chi connectivity index (χ2n) is 3.26. The Balaban J connectivity index is 3.16. The number of nitrogens with zero attached hydrogens (tertiary/aromatic N) is 1. The van der Waals surface area contributed by atoms with Crippen LogP contribution in [0.3, 0.4) is 0 Å². The Bertz CT molecular complexity index is 352. The van der Waals surface area contributed by atoms with Crippen molar-refractivity contribution in [2.75, 3.05) is 6.61 Å². The molecule has 0 aromatic heterocycles. The van der Waals surface area contributed by atoms with E-state index in [1.807, 2.05) is 12.1 Å². The average molecular weight is 188 g/mol. The highest BCUT2D eigenvalue weighted by Gasteiger charge is 2.09. The fraction of sp³-hybridized carbons (Fsp3) is 0.333. The summed E-state index contributed by atoms with van der Waals surface area (Å²) in [6, 6.07) is 7.63. The van der Waals surface area contributed by atoms with Crippen LogP contribution < -0.4 is 0 Å². The lowest BCUT2D eigenvalue weighted by atomic mass is 9.93. The van der Waals surface area contributed by atoms with Gasteiger partial charge in [0.05, 0.1) is 11.6 Å². The van der Waals surface area contributed by atoms with Crippen LogP contribution >= 0.6 is 0 Å². The molecule has 1 aromatic carbocycles. The molecule has 0 amide bonds. The van der Waals surface area contributed by atoms with E-state index < -0.39 is 0 Å². The number of aryl methyl sites for hydroxylation is 1. The molecule has 73 valence electrons. The normalized spacial score (nSPS) is 12.1. The van der Waals surface area contributed by atoms with E-state index in [2.05, 4.69) is 19.9 Å². The molecular formula is C12H14NO. The van der Waals surface area contributed by atoms with Crippen molar-refractivity contribution in [2.45, 2.75) is 19.3 Å². The van der Waals surface area contributed by atoms with Gasteiger partial charge < -0.3 is 5.11 Å². The molecular weight excluding hydrogens is 174 g/mol. The summed E-state index contributed by atoms with van der Waals surface area (Å²) in [6.45, 7) is 5.92. The van der Waals surface area contributed by atoms with Crippen LogP contribution in [-0.2, 0) is 6.42 Å². The molecule has 0 aliphatic carbocycles. The number of benzene rings is 1. The molecule has 1 unspecified atom stereocenters. The molecule has 0 aliphatic heterocycles. The van der Waals surface area contributed by atoms with E-state index >= 15 is 0 Å². The van der Waals surface area contributed by atoms with Gasteiger partial charge in [-0.3, -0.25) is 0 Å². The van der Waals surface area contributed by atoms with E-state index in [1.54, 1.807) is 6.07 Å². The highest BCUT2D eigenvalue weighted by molar-refractivity contribution is 5.40. The van der Waals surface area contributed by atoms with Crippen LogP contribution in [0.2, 0.25) is 0 Å². The second kappa shape index (κ2) is 4.78. The first-order valence-corrected chi connectivity index (χ1v) is 4.69. The Morgan fingerprint density at radius 1 is 1.57 bits per heavy atom. The van der Waals surface area contributed by atoms with E-state index in [9.17, 15) is 0 Å². The number of rotatable bonds is 3. The molecule has 2 nitrogen and oxygen atoms in total. The molecule has 0 heterocycles. The summed E-state index contributed by atoms with van der Waals surface area (Å²) in [4.78, 5) is 0. The van der Waals surface area contributed by atoms with Crippen molar-refractivity contribution in [3.63, 3.8) is 0 Å². The zero-order chi connectivity index (χ0) is 10.6. The van der Waals surface area contributed by atoms with E-state index in [0.717, 1.165) is 17.5 Å². The molecule has 1 atom stereocenters. The molecule has 2 heteroatoms. The van der Waals surface area contributed by atoms with Gasteiger partial charge in [-0.2, -0.15) is 5.26 Å². The number of nitriles is 1. The van der Waals surface area contributed by atoms with Gasteiger partial charge in [0.2, 0.25) is 0 Å². The van der Waals surface area contributed by atoms with Gasteiger partial charge in [-0.15, -0.1) is 0 Å². The number of aliphatic hydroxyl groups excluding tert-OH is 1. The van der Waals surface area contributed by atoms with Gasteiger partial charge in [0.15, 0.2) is 0 Å². The molecule has 1 N–H and O–H groups in total. The predicted octanol–water partition coefficient (Wildman–Crippen LogP) is 2.03. The third-order valence-electron chi connectivity index (χ3n) is 2.32. The topological polar surface area (TPSA) is 44.0 Å². The Kier molecular flexibility index (Phi) is 3.67. The quantitative estimate of drug-likeness (QED) is 0.788. The molecule has 1 rings (SSSR count). The summed E-state index contributed by atoms with van der Waals surface area (Å²) < 4.78 is 0. The van der Waals surface area contributed by atoms with Gasteiger partial charge in [0.1, 0.15) is 0 Å². The Hall–Kier alpha value is -1.33. The molecule has 0 spiro atoms.